The van der Waals surface area contributed by atoms with Crippen LogP contribution in [0.5, 0.6) is 0 Å². The van der Waals surface area contributed by atoms with Gasteiger partial charge in [-0.3, -0.25) is 9.59 Å². The van der Waals surface area contributed by atoms with Crippen molar-refractivity contribution in [3.05, 3.63) is 45.8 Å². The van der Waals surface area contributed by atoms with Gasteiger partial charge in [0.15, 0.2) is 0 Å². The van der Waals surface area contributed by atoms with Crippen molar-refractivity contribution in [3.63, 3.8) is 0 Å². The number of carboxylic acid groups (broad SMARTS) is 1. The number of nitrogens with zero attached hydrogens (tertiary/aromatic N) is 3. The lowest BCUT2D eigenvalue weighted by molar-refractivity contribution is -0.139. The number of aliphatic carboxylic acids is 1. The molecular formula is C18H17Cl2N3O3. The minimum Gasteiger partial charge on any atom is -0.481 e. The Hall–Kier alpha value is -2.18. The molecule has 1 aliphatic heterocycles. The number of carbonyl (C=O) groups is 2. The summed E-state index contributed by atoms with van der Waals surface area (Å²) in [5.41, 5.74) is 2.08. The molecule has 0 radical (unpaired) electrons. The molecule has 26 heavy (non-hydrogen) atoms. The monoisotopic (exact) mass is 393 g/mol. The molecule has 1 aliphatic rings. The van der Waals surface area contributed by atoms with Gasteiger partial charge in [-0.15, -0.1) is 0 Å². The minimum atomic E-state index is -0.878. The second-order valence-electron chi connectivity index (χ2n) is 7.10. The summed E-state index contributed by atoms with van der Waals surface area (Å²) < 4.78 is 0. The molecular weight excluding hydrogens is 377 g/mol. The highest BCUT2D eigenvalue weighted by Crippen LogP contribution is 2.33. The Balaban J connectivity index is 1.87. The standard InChI is InChI=1S/C18H17Cl2N3O3/c1-18(2,6-14(24)25)9-23-8-11-4-3-10(5-12(11)16(23)26)15-13(19)7-21-17(20)22-15/h3-5,7H,6,8-9H2,1-2H3,(H,24,25). The number of halogens is 2. The zero-order valence-corrected chi connectivity index (χ0v) is 15.8. The molecule has 1 amide bonds. The molecule has 1 aromatic carbocycles. The first-order valence-corrected chi connectivity index (χ1v) is 8.74. The van der Waals surface area contributed by atoms with Gasteiger partial charge in [-0.05, 0) is 28.6 Å². The van der Waals surface area contributed by atoms with Crippen molar-refractivity contribution in [2.24, 2.45) is 5.41 Å². The molecule has 0 bridgehead atoms. The van der Waals surface area contributed by atoms with Crippen LogP contribution in [0.2, 0.25) is 10.3 Å². The molecule has 1 aromatic heterocycles. The zero-order valence-electron chi connectivity index (χ0n) is 14.3. The van der Waals surface area contributed by atoms with Crippen molar-refractivity contribution in [1.82, 2.24) is 14.9 Å². The molecule has 0 unspecified atom stereocenters. The normalized spacial score (nSPS) is 13.8. The predicted molar refractivity (Wildman–Crippen MR) is 98.3 cm³/mol. The Morgan fingerprint density at radius 1 is 1.35 bits per heavy atom. The van der Waals surface area contributed by atoms with Gasteiger partial charge < -0.3 is 10.0 Å². The van der Waals surface area contributed by atoms with Gasteiger partial charge in [-0.2, -0.15) is 0 Å². The molecule has 0 aliphatic carbocycles. The lowest BCUT2D eigenvalue weighted by Crippen LogP contribution is -2.35. The third-order valence-electron chi connectivity index (χ3n) is 4.23. The summed E-state index contributed by atoms with van der Waals surface area (Å²) in [5, 5.41) is 9.46. The summed E-state index contributed by atoms with van der Waals surface area (Å²) in [6, 6.07) is 5.44. The van der Waals surface area contributed by atoms with Gasteiger partial charge in [0.1, 0.15) is 0 Å². The van der Waals surface area contributed by atoms with Gasteiger partial charge in [0.05, 0.1) is 23.3 Å². The minimum absolute atomic E-state index is 0.00653. The molecule has 0 saturated carbocycles. The third-order valence-corrected chi connectivity index (χ3v) is 4.68. The first-order chi connectivity index (χ1) is 12.2. The fourth-order valence-electron chi connectivity index (χ4n) is 3.17. The number of benzene rings is 1. The summed E-state index contributed by atoms with van der Waals surface area (Å²) in [6.45, 7) is 4.49. The van der Waals surface area contributed by atoms with Crippen LogP contribution in [0, 0.1) is 5.41 Å². The Morgan fingerprint density at radius 3 is 2.77 bits per heavy atom. The molecule has 0 fully saturated rings. The van der Waals surface area contributed by atoms with Crippen LogP contribution in [-0.2, 0) is 11.3 Å². The average Bonchev–Trinajstić information content (AvgIpc) is 2.83. The van der Waals surface area contributed by atoms with Crippen molar-refractivity contribution in [2.45, 2.75) is 26.8 Å². The highest BCUT2D eigenvalue weighted by molar-refractivity contribution is 6.33. The van der Waals surface area contributed by atoms with Crippen LogP contribution >= 0.6 is 23.2 Å². The Morgan fingerprint density at radius 2 is 2.08 bits per heavy atom. The van der Waals surface area contributed by atoms with Gasteiger partial charge in [0.25, 0.3) is 5.91 Å². The zero-order chi connectivity index (χ0) is 19.1. The van der Waals surface area contributed by atoms with E-state index in [4.69, 9.17) is 28.3 Å². The summed E-state index contributed by atoms with van der Waals surface area (Å²) in [5.74, 6) is -1.01. The number of amides is 1. The van der Waals surface area contributed by atoms with Crippen molar-refractivity contribution < 1.29 is 14.7 Å². The second kappa shape index (κ2) is 6.85. The summed E-state index contributed by atoms with van der Waals surface area (Å²) in [4.78, 5) is 33.4. The topological polar surface area (TPSA) is 83.4 Å². The van der Waals surface area contributed by atoms with E-state index < -0.39 is 11.4 Å². The summed E-state index contributed by atoms with van der Waals surface area (Å²) in [7, 11) is 0. The molecule has 8 heteroatoms. The van der Waals surface area contributed by atoms with Crippen LogP contribution in [-0.4, -0.2) is 38.4 Å². The van der Waals surface area contributed by atoms with E-state index in [1.807, 2.05) is 26.0 Å². The molecule has 6 nitrogen and oxygen atoms in total. The number of carbonyl (C=O) groups excluding carboxylic acids is 1. The second-order valence-corrected chi connectivity index (χ2v) is 7.85. The number of aromatic nitrogens is 2. The molecule has 3 rings (SSSR count). The number of hydrogen-bond donors (Lipinski definition) is 1. The van der Waals surface area contributed by atoms with Crippen molar-refractivity contribution in [3.8, 4) is 11.3 Å². The average molecular weight is 394 g/mol. The lowest BCUT2D eigenvalue weighted by Gasteiger charge is -2.28. The predicted octanol–water partition coefficient (Wildman–Crippen LogP) is 3.91. The SMILES string of the molecule is CC(C)(CC(=O)O)CN1Cc2ccc(-c3nc(Cl)ncc3Cl)cc2C1=O. The van der Waals surface area contributed by atoms with E-state index in [1.165, 1.54) is 6.20 Å². The third kappa shape index (κ3) is 3.81. The molecule has 0 saturated heterocycles. The quantitative estimate of drug-likeness (QED) is 0.778. The van der Waals surface area contributed by atoms with Crippen molar-refractivity contribution in [2.75, 3.05) is 6.54 Å². The Bertz CT molecular complexity index is 899. The van der Waals surface area contributed by atoms with E-state index in [1.54, 1.807) is 11.0 Å². The highest BCUT2D eigenvalue weighted by Gasteiger charge is 2.33. The number of rotatable bonds is 5. The van der Waals surface area contributed by atoms with E-state index in [9.17, 15) is 9.59 Å². The van der Waals surface area contributed by atoms with Gasteiger partial charge >= 0.3 is 5.97 Å². The van der Waals surface area contributed by atoms with Crippen LogP contribution in [0.1, 0.15) is 36.2 Å². The number of fused-ring (bicyclic) bond motifs is 1. The van der Waals surface area contributed by atoms with E-state index in [0.29, 0.717) is 34.9 Å². The fourth-order valence-corrected chi connectivity index (χ4v) is 3.50. The molecule has 0 atom stereocenters. The van der Waals surface area contributed by atoms with Crippen LogP contribution in [0.3, 0.4) is 0 Å². The number of carboxylic acids is 1. The maximum absolute atomic E-state index is 12.8. The van der Waals surface area contributed by atoms with E-state index in [0.717, 1.165) is 5.56 Å². The van der Waals surface area contributed by atoms with Crippen LogP contribution < -0.4 is 0 Å². The molecule has 136 valence electrons. The first-order valence-electron chi connectivity index (χ1n) is 7.99. The van der Waals surface area contributed by atoms with Gasteiger partial charge in [-0.1, -0.05) is 37.6 Å². The maximum atomic E-state index is 12.8. The van der Waals surface area contributed by atoms with Crippen LogP contribution in [0.4, 0.5) is 0 Å². The summed E-state index contributed by atoms with van der Waals surface area (Å²) >= 11 is 12.0. The van der Waals surface area contributed by atoms with Crippen LogP contribution in [0.25, 0.3) is 11.3 Å². The summed E-state index contributed by atoms with van der Waals surface area (Å²) in [6.07, 6.45) is 1.41. The van der Waals surface area contributed by atoms with Gasteiger partial charge in [-0.25, -0.2) is 9.97 Å². The molecule has 0 spiro atoms. The highest BCUT2D eigenvalue weighted by atomic mass is 35.5. The van der Waals surface area contributed by atoms with Crippen molar-refractivity contribution >= 4 is 35.1 Å². The molecule has 2 heterocycles. The lowest BCUT2D eigenvalue weighted by atomic mass is 9.89. The Labute approximate surface area is 160 Å². The molecule has 1 N–H and O–H groups in total. The maximum Gasteiger partial charge on any atom is 0.303 e. The van der Waals surface area contributed by atoms with Crippen LogP contribution in [0.15, 0.2) is 24.4 Å². The molecule has 2 aromatic rings. The van der Waals surface area contributed by atoms with E-state index in [-0.39, 0.29) is 17.6 Å². The Kier molecular flexibility index (Phi) is 4.90. The van der Waals surface area contributed by atoms with Gasteiger partial charge in [0.2, 0.25) is 5.28 Å². The van der Waals surface area contributed by atoms with Gasteiger partial charge in [0, 0.05) is 24.2 Å². The van der Waals surface area contributed by atoms with E-state index in [2.05, 4.69) is 9.97 Å². The largest absolute Gasteiger partial charge is 0.481 e. The van der Waals surface area contributed by atoms with Crippen molar-refractivity contribution in [1.29, 1.82) is 0 Å². The fraction of sp³-hybridized carbons (Fsp3) is 0.333. The smallest absolute Gasteiger partial charge is 0.303 e. The first kappa shape index (κ1) is 18.6. The number of hydrogen-bond acceptors (Lipinski definition) is 4. The van der Waals surface area contributed by atoms with E-state index >= 15 is 0 Å².